The molecule has 1 unspecified atom stereocenters. The van der Waals surface area contributed by atoms with Crippen molar-refractivity contribution < 1.29 is 14.3 Å². The minimum Gasteiger partial charge on any atom is -0.486 e. The van der Waals surface area contributed by atoms with Crippen LogP contribution < -0.4 is 20.1 Å². The van der Waals surface area contributed by atoms with E-state index >= 15 is 0 Å². The second-order valence-electron chi connectivity index (χ2n) is 8.28. The summed E-state index contributed by atoms with van der Waals surface area (Å²) in [6.45, 7) is 3.17. The topological polar surface area (TPSA) is 75.2 Å². The van der Waals surface area contributed by atoms with Crippen molar-refractivity contribution in [3.8, 4) is 11.5 Å². The number of nitrogens with zero attached hydrogens (tertiary/aromatic N) is 2. The Kier molecular flexibility index (Phi) is 8.95. The maximum Gasteiger partial charge on any atom is 0.225 e. The number of hydrogen-bond acceptors (Lipinski definition) is 4. The second-order valence-corrected chi connectivity index (χ2v) is 8.68. The average molecular weight is 563 g/mol. The van der Waals surface area contributed by atoms with E-state index in [1.807, 2.05) is 17.0 Å². The van der Waals surface area contributed by atoms with Crippen molar-refractivity contribution in [3.63, 3.8) is 0 Å². The molecule has 31 heavy (non-hydrogen) atoms. The zero-order chi connectivity index (χ0) is 20.9. The molecule has 2 N–H and O–H groups in total. The quantitative estimate of drug-likeness (QED) is 0.333. The predicted octanol–water partition coefficient (Wildman–Crippen LogP) is 3.58. The second kappa shape index (κ2) is 11.4. The van der Waals surface area contributed by atoms with Crippen LogP contribution in [0.2, 0.25) is 5.02 Å². The van der Waals surface area contributed by atoms with E-state index in [1.165, 1.54) is 19.3 Å². The molecule has 3 aliphatic rings. The Hall–Kier alpha value is -1.42. The summed E-state index contributed by atoms with van der Waals surface area (Å²) in [5.74, 6) is 2.59. The maximum absolute atomic E-state index is 12.8. The Balaban J connectivity index is 0.00000272. The van der Waals surface area contributed by atoms with E-state index in [-0.39, 0.29) is 35.9 Å². The van der Waals surface area contributed by atoms with Crippen LogP contribution in [0, 0.1) is 5.92 Å². The fourth-order valence-corrected chi connectivity index (χ4v) is 4.81. The van der Waals surface area contributed by atoms with Gasteiger partial charge in [-0.3, -0.25) is 9.79 Å². The SMILES string of the molecule is CN=C(NCc1cc(Cl)c2c(c1)OCCO2)NC1CCN(C(=O)C2CCCCC2)C1.I. The van der Waals surface area contributed by atoms with Crippen LogP contribution in [-0.2, 0) is 11.3 Å². The number of likely N-dealkylation sites (tertiary alicyclic amines) is 1. The maximum atomic E-state index is 12.8. The summed E-state index contributed by atoms with van der Waals surface area (Å²) >= 11 is 6.33. The molecule has 7 nitrogen and oxygen atoms in total. The molecule has 0 bridgehead atoms. The molecule has 0 spiro atoms. The minimum atomic E-state index is 0. The molecule has 0 aromatic heterocycles. The molecule has 4 rings (SSSR count). The number of ether oxygens (including phenoxy) is 2. The monoisotopic (exact) mass is 562 g/mol. The first-order chi connectivity index (χ1) is 14.6. The highest BCUT2D eigenvalue weighted by atomic mass is 127. The van der Waals surface area contributed by atoms with Gasteiger partial charge in [0, 0.05) is 38.6 Å². The van der Waals surface area contributed by atoms with E-state index in [0.717, 1.165) is 43.9 Å². The number of guanidine groups is 1. The Morgan fingerprint density at radius 3 is 2.74 bits per heavy atom. The van der Waals surface area contributed by atoms with E-state index in [1.54, 1.807) is 7.05 Å². The van der Waals surface area contributed by atoms with Gasteiger partial charge in [0.1, 0.15) is 13.2 Å². The lowest BCUT2D eigenvalue weighted by Gasteiger charge is -2.26. The van der Waals surface area contributed by atoms with Crippen LogP contribution in [-0.4, -0.2) is 56.2 Å². The summed E-state index contributed by atoms with van der Waals surface area (Å²) < 4.78 is 11.2. The number of aliphatic imine (C=N–C) groups is 1. The van der Waals surface area contributed by atoms with Crippen molar-refractivity contribution in [1.29, 1.82) is 0 Å². The summed E-state index contributed by atoms with van der Waals surface area (Å²) in [5.41, 5.74) is 0.993. The molecule has 1 atom stereocenters. The first kappa shape index (κ1) is 24.2. The Morgan fingerprint density at radius 2 is 1.97 bits per heavy atom. The number of fused-ring (bicyclic) bond motifs is 1. The van der Waals surface area contributed by atoms with Gasteiger partial charge in [0.2, 0.25) is 5.91 Å². The van der Waals surface area contributed by atoms with Crippen LogP contribution in [0.15, 0.2) is 17.1 Å². The number of benzene rings is 1. The average Bonchev–Trinajstić information content (AvgIpc) is 3.25. The molecule has 1 aliphatic carbocycles. The van der Waals surface area contributed by atoms with Crippen molar-refractivity contribution in [2.45, 2.75) is 51.1 Å². The van der Waals surface area contributed by atoms with Crippen molar-refractivity contribution in [3.05, 3.63) is 22.7 Å². The number of nitrogens with one attached hydrogen (secondary N) is 2. The molecule has 172 valence electrons. The first-order valence-corrected chi connectivity index (χ1v) is 11.4. The third-order valence-electron chi connectivity index (χ3n) is 6.14. The summed E-state index contributed by atoms with van der Waals surface area (Å²) in [6, 6.07) is 4.05. The molecule has 1 aromatic rings. The standard InChI is InChI=1S/C22H31ClN4O3.HI/c1-24-22(25-13-15-11-18(23)20-19(12-15)29-9-10-30-20)26-17-7-8-27(14-17)21(28)16-5-3-2-4-6-16;/h11-12,16-17H,2-10,13-14H2,1H3,(H2,24,25,26);1H. The summed E-state index contributed by atoms with van der Waals surface area (Å²) in [7, 11) is 1.76. The van der Waals surface area contributed by atoms with Gasteiger partial charge in [-0.1, -0.05) is 30.9 Å². The van der Waals surface area contributed by atoms with Crippen molar-refractivity contribution >= 4 is 47.4 Å². The molecular weight excluding hydrogens is 531 g/mol. The molecule has 2 heterocycles. The molecule has 1 saturated heterocycles. The molecule has 0 radical (unpaired) electrons. The Bertz CT molecular complexity index is 801. The van der Waals surface area contributed by atoms with Crippen molar-refractivity contribution in [2.24, 2.45) is 10.9 Å². The molecule has 9 heteroatoms. The first-order valence-electron chi connectivity index (χ1n) is 11.0. The smallest absolute Gasteiger partial charge is 0.225 e. The number of rotatable bonds is 4. The molecule has 2 aliphatic heterocycles. The van der Waals surface area contributed by atoms with Crippen LogP contribution >= 0.6 is 35.6 Å². The number of carbonyl (C=O) groups excluding carboxylic acids is 1. The van der Waals surface area contributed by atoms with Crippen LogP contribution in [0.25, 0.3) is 0 Å². The van der Waals surface area contributed by atoms with E-state index in [2.05, 4.69) is 15.6 Å². The van der Waals surface area contributed by atoms with Gasteiger partial charge in [0.25, 0.3) is 0 Å². The van der Waals surface area contributed by atoms with Gasteiger partial charge < -0.3 is 25.0 Å². The summed E-state index contributed by atoms with van der Waals surface area (Å²) in [6.07, 6.45) is 6.68. The predicted molar refractivity (Wildman–Crippen MR) is 133 cm³/mol. The number of halogens is 2. The highest BCUT2D eigenvalue weighted by Crippen LogP contribution is 2.38. The van der Waals surface area contributed by atoms with Crippen LogP contribution in [0.5, 0.6) is 11.5 Å². The minimum absolute atomic E-state index is 0. The van der Waals surface area contributed by atoms with Gasteiger partial charge in [-0.05, 0) is 37.0 Å². The van der Waals surface area contributed by atoms with Crippen LogP contribution in [0.1, 0.15) is 44.1 Å². The Morgan fingerprint density at radius 1 is 1.19 bits per heavy atom. The normalized spacial score (nSPS) is 21.4. The van der Waals surface area contributed by atoms with Crippen LogP contribution in [0.4, 0.5) is 0 Å². The lowest BCUT2D eigenvalue weighted by atomic mass is 9.88. The van der Waals surface area contributed by atoms with E-state index in [0.29, 0.717) is 42.2 Å². The Labute approximate surface area is 206 Å². The number of hydrogen-bond donors (Lipinski definition) is 2. The number of carbonyl (C=O) groups is 1. The lowest BCUT2D eigenvalue weighted by molar-refractivity contribution is -0.135. The van der Waals surface area contributed by atoms with Gasteiger partial charge in [-0.2, -0.15) is 0 Å². The fourth-order valence-electron chi connectivity index (χ4n) is 4.53. The van der Waals surface area contributed by atoms with Gasteiger partial charge in [-0.15, -0.1) is 24.0 Å². The van der Waals surface area contributed by atoms with E-state index in [4.69, 9.17) is 21.1 Å². The molecule has 1 saturated carbocycles. The lowest BCUT2D eigenvalue weighted by Crippen LogP contribution is -2.45. The molecule has 1 amide bonds. The highest BCUT2D eigenvalue weighted by Gasteiger charge is 2.31. The van der Waals surface area contributed by atoms with E-state index < -0.39 is 0 Å². The van der Waals surface area contributed by atoms with Crippen molar-refractivity contribution in [1.82, 2.24) is 15.5 Å². The van der Waals surface area contributed by atoms with Gasteiger partial charge in [-0.25, -0.2) is 0 Å². The summed E-state index contributed by atoms with van der Waals surface area (Å²) in [4.78, 5) is 19.1. The molecule has 1 aromatic carbocycles. The number of amides is 1. The van der Waals surface area contributed by atoms with Crippen molar-refractivity contribution in [2.75, 3.05) is 33.4 Å². The largest absolute Gasteiger partial charge is 0.486 e. The van der Waals surface area contributed by atoms with Gasteiger partial charge in [0.05, 0.1) is 5.02 Å². The zero-order valence-electron chi connectivity index (χ0n) is 18.0. The summed E-state index contributed by atoms with van der Waals surface area (Å²) in [5, 5.41) is 7.35. The van der Waals surface area contributed by atoms with Crippen LogP contribution in [0.3, 0.4) is 0 Å². The third kappa shape index (κ3) is 6.09. The third-order valence-corrected chi connectivity index (χ3v) is 6.42. The zero-order valence-corrected chi connectivity index (χ0v) is 21.1. The van der Waals surface area contributed by atoms with Gasteiger partial charge in [0.15, 0.2) is 17.5 Å². The van der Waals surface area contributed by atoms with Gasteiger partial charge >= 0.3 is 0 Å². The highest BCUT2D eigenvalue weighted by molar-refractivity contribution is 14.0. The molecular formula is C22H32ClIN4O3. The molecule has 2 fully saturated rings. The van der Waals surface area contributed by atoms with E-state index in [9.17, 15) is 4.79 Å². The fraction of sp³-hybridized carbons (Fsp3) is 0.636.